The van der Waals surface area contributed by atoms with E-state index in [0.29, 0.717) is 28.5 Å². The second-order valence-corrected chi connectivity index (χ2v) is 11.8. The molecule has 0 radical (unpaired) electrons. The number of sulfone groups is 1. The van der Waals surface area contributed by atoms with E-state index >= 15 is 0 Å². The fraction of sp³-hybridized carbons (Fsp3) is 0.368. The summed E-state index contributed by atoms with van der Waals surface area (Å²) in [5.74, 6) is -0.0470. The highest BCUT2D eigenvalue weighted by Gasteiger charge is 2.31. The Morgan fingerprint density at radius 1 is 1.00 bits per heavy atom. The standard InChI is InChI=1S/C19H23Cl2NO5S2/c1-14(4-3-11-28(2,24)25)22(19-12-17(21)6-5-15(19)13-23)29(26,27)18-9-7-16(20)8-10-18/h5-10,12,14,23H,3-4,11,13H2,1-2H3. The molecule has 2 aromatic carbocycles. The topological polar surface area (TPSA) is 91.8 Å². The van der Waals surface area contributed by atoms with Crippen LogP contribution >= 0.6 is 23.2 Å². The van der Waals surface area contributed by atoms with Gasteiger partial charge in [0.15, 0.2) is 0 Å². The van der Waals surface area contributed by atoms with Crippen LogP contribution in [0.15, 0.2) is 47.4 Å². The number of halogens is 2. The molecule has 0 aliphatic heterocycles. The van der Waals surface area contributed by atoms with Gasteiger partial charge in [-0.15, -0.1) is 0 Å². The van der Waals surface area contributed by atoms with Crippen molar-refractivity contribution < 1.29 is 21.9 Å². The fourth-order valence-electron chi connectivity index (χ4n) is 2.96. The molecule has 0 saturated carbocycles. The minimum absolute atomic E-state index is 0.0285. The van der Waals surface area contributed by atoms with E-state index in [2.05, 4.69) is 0 Å². The van der Waals surface area contributed by atoms with Crippen LogP contribution in [0.2, 0.25) is 10.0 Å². The average molecular weight is 480 g/mol. The van der Waals surface area contributed by atoms with Crippen LogP contribution in [0.1, 0.15) is 25.3 Å². The molecule has 0 heterocycles. The van der Waals surface area contributed by atoms with Crippen LogP contribution in [0.5, 0.6) is 0 Å². The Morgan fingerprint density at radius 2 is 1.59 bits per heavy atom. The lowest BCUT2D eigenvalue weighted by Gasteiger charge is -2.32. The molecular formula is C19H23Cl2NO5S2. The van der Waals surface area contributed by atoms with Crippen LogP contribution in [0.25, 0.3) is 0 Å². The highest BCUT2D eigenvalue weighted by Crippen LogP contribution is 2.33. The number of nitrogens with zero attached hydrogens (tertiary/aromatic N) is 1. The van der Waals surface area contributed by atoms with Gasteiger partial charge in [-0.1, -0.05) is 29.3 Å². The summed E-state index contributed by atoms with van der Waals surface area (Å²) < 4.78 is 51.0. The van der Waals surface area contributed by atoms with Gasteiger partial charge in [0.2, 0.25) is 0 Å². The van der Waals surface area contributed by atoms with Gasteiger partial charge in [-0.05, 0) is 56.2 Å². The Kier molecular flexibility index (Phi) is 7.98. The first-order valence-electron chi connectivity index (χ1n) is 8.82. The molecule has 0 spiro atoms. The van der Waals surface area contributed by atoms with Crippen LogP contribution in [-0.4, -0.2) is 40.0 Å². The molecule has 0 bridgehead atoms. The summed E-state index contributed by atoms with van der Waals surface area (Å²) in [6.45, 7) is 1.31. The van der Waals surface area contributed by atoms with Crippen molar-refractivity contribution in [3.8, 4) is 0 Å². The number of anilines is 1. The molecule has 0 aromatic heterocycles. The summed E-state index contributed by atoms with van der Waals surface area (Å²) in [5, 5.41) is 10.4. The molecule has 6 nitrogen and oxygen atoms in total. The van der Waals surface area contributed by atoms with Crippen molar-refractivity contribution in [1.82, 2.24) is 0 Å². The summed E-state index contributed by atoms with van der Waals surface area (Å²) in [6, 6.07) is 9.78. The molecule has 2 rings (SSSR count). The molecule has 0 amide bonds. The SMILES string of the molecule is CC(CCCS(C)(=O)=O)N(c1cc(Cl)ccc1CO)S(=O)(=O)c1ccc(Cl)cc1. The number of hydrogen-bond acceptors (Lipinski definition) is 5. The molecule has 0 saturated heterocycles. The van der Waals surface area contributed by atoms with Crippen LogP contribution in [0.3, 0.4) is 0 Å². The van der Waals surface area contributed by atoms with Crippen molar-refractivity contribution in [2.45, 2.75) is 37.3 Å². The number of aliphatic hydroxyl groups excluding tert-OH is 1. The Labute approximate surface area is 182 Å². The van der Waals surface area contributed by atoms with Crippen LogP contribution < -0.4 is 4.31 Å². The molecule has 10 heteroatoms. The number of benzene rings is 2. The van der Waals surface area contributed by atoms with Gasteiger partial charge in [0.25, 0.3) is 10.0 Å². The van der Waals surface area contributed by atoms with E-state index in [0.717, 1.165) is 6.26 Å². The molecule has 0 aliphatic carbocycles. The van der Waals surface area contributed by atoms with E-state index in [1.54, 1.807) is 19.1 Å². The number of aliphatic hydroxyl groups is 1. The number of rotatable bonds is 9. The Balaban J connectivity index is 2.53. The minimum Gasteiger partial charge on any atom is -0.392 e. The van der Waals surface area contributed by atoms with E-state index < -0.39 is 25.9 Å². The largest absolute Gasteiger partial charge is 0.392 e. The molecule has 160 valence electrons. The van der Waals surface area contributed by atoms with E-state index in [1.165, 1.54) is 34.6 Å². The maximum Gasteiger partial charge on any atom is 0.264 e. The summed E-state index contributed by atoms with van der Waals surface area (Å²) in [7, 11) is -7.20. The zero-order valence-corrected chi connectivity index (χ0v) is 19.2. The fourth-order valence-corrected chi connectivity index (χ4v) is 5.66. The zero-order chi connectivity index (χ0) is 21.8. The van der Waals surface area contributed by atoms with E-state index in [1.807, 2.05) is 0 Å². The van der Waals surface area contributed by atoms with Gasteiger partial charge >= 0.3 is 0 Å². The lowest BCUT2D eigenvalue weighted by Crippen LogP contribution is -2.39. The van der Waals surface area contributed by atoms with Gasteiger partial charge in [0.05, 0.1) is 17.2 Å². The lowest BCUT2D eigenvalue weighted by atomic mass is 10.1. The van der Waals surface area contributed by atoms with Crippen LogP contribution in [0, 0.1) is 0 Å². The Morgan fingerprint density at radius 3 is 2.14 bits per heavy atom. The third-order valence-corrected chi connectivity index (χ3v) is 7.82. The normalized spacial score (nSPS) is 13.3. The first-order valence-corrected chi connectivity index (χ1v) is 13.1. The molecule has 1 atom stereocenters. The Bertz CT molecular complexity index is 1050. The van der Waals surface area contributed by atoms with Gasteiger partial charge in [-0.3, -0.25) is 4.31 Å². The van der Waals surface area contributed by atoms with Gasteiger partial charge in [0.1, 0.15) is 9.84 Å². The van der Waals surface area contributed by atoms with Crippen molar-refractivity contribution in [2.24, 2.45) is 0 Å². The second-order valence-electron chi connectivity index (χ2n) is 6.81. The first-order chi connectivity index (χ1) is 13.5. The average Bonchev–Trinajstić information content (AvgIpc) is 2.61. The molecule has 29 heavy (non-hydrogen) atoms. The second kappa shape index (κ2) is 9.66. The van der Waals surface area contributed by atoms with Gasteiger partial charge < -0.3 is 5.11 Å². The quantitative estimate of drug-likeness (QED) is 0.588. The van der Waals surface area contributed by atoms with Crippen molar-refractivity contribution in [3.63, 3.8) is 0 Å². The minimum atomic E-state index is -4.03. The van der Waals surface area contributed by atoms with Crippen LogP contribution in [-0.2, 0) is 26.5 Å². The summed E-state index contributed by atoms with van der Waals surface area (Å²) in [5.41, 5.74) is 0.642. The Hall–Kier alpha value is -1.32. The van der Waals surface area contributed by atoms with Gasteiger partial charge in [0, 0.05) is 33.7 Å². The van der Waals surface area contributed by atoms with E-state index in [9.17, 15) is 21.9 Å². The monoisotopic (exact) mass is 479 g/mol. The first kappa shape index (κ1) is 24.0. The predicted octanol–water partition coefficient (Wildman–Crippen LogP) is 3.89. The molecule has 1 unspecified atom stereocenters. The predicted molar refractivity (Wildman–Crippen MR) is 117 cm³/mol. The highest BCUT2D eigenvalue weighted by atomic mass is 35.5. The summed E-state index contributed by atoms with van der Waals surface area (Å²) >= 11 is 12.0. The highest BCUT2D eigenvalue weighted by molar-refractivity contribution is 7.93. The van der Waals surface area contributed by atoms with E-state index in [-0.39, 0.29) is 22.9 Å². The van der Waals surface area contributed by atoms with Gasteiger partial charge in [-0.2, -0.15) is 0 Å². The summed E-state index contributed by atoms with van der Waals surface area (Å²) in [4.78, 5) is 0.0285. The zero-order valence-electron chi connectivity index (χ0n) is 16.0. The molecular weight excluding hydrogens is 457 g/mol. The maximum absolute atomic E-state index is 13.5. The third kappa shape index (κ3) is 6.33. The molecule has 0 fully saturated rings. The maximum atomic E-state index is 13.5. The van der Waals surface area contributed by atoms with Crippen molar-refractivity contribution in [1.29, 1.82) is 0 Å². The smallest absolute Gasteiger partial charge is 0.264 e. The third-order valence-electron chi connectivity index (χ3n) is 4.36. The van der Waals surface area contributed by atoms with Crippen molar-refractivity contribution in [3.05, 3.63) is 58.1 Å². The van der Waals surface area contributed by atoms with Crippen molar-refractivity contribution >= 4 is 48.7 Å². The van der Waals surface area contributed by atoms with Crippen molar-refractivity contribution in [2.75, 3.05) is 16.3 Å². The molecule has 1 N–H and O–H groups in total. The van der Waals surface area contributed by atoms with Gasteiger partial charge in [-0.25, -0.2) is 16.8 Å². The number of hydrogen-bond donors (Lipinski definition) is 1. The summed E-state index contributed by atoms with van der Waals surface area (Å²) in [6.07, 6.45) is 1.74. The number of sulfonamides is 1. The van der Waals surface area contributed by atoms with Crippen LogP contribution in [0.4, 0.5) is 5.69 Å². The molecule has 0 aliphatic rings. The molecule has 2 aromatic rings. The lowest BCUT2D eigenvalue weighted by molar-refractivity contribution is 0.282. The van der Waals surface area contributed by atoms with E-state index in [4.69, 9.17) is 23.2 Å².